The third-order valence-corrected chi connectivity index (χ3v) is 2.70. The Balaban J connectivity index is 1.80. The highest BCUT2D eigenvalue weighted by molar-refractivity contribution is 5.51. The van der Waals surface area contributed by atoms with E-state index in [0.29, 0.717) is 17.1 Å². The molecule has 106 valence electrons. The van der Waals surface area contributed by atoms with E-state index in [4.69, 9.17) is 9.47 Å². The molecule has 0 saturated carbocycles. The maximum atomic E-state index is 11.9. The molecule has 0 saturated heterocycles. The second-order valence-corrected chi connectivity index (χ2v) is 4.23. The minimum atomic E-state index is -4.12. The van der Waals surface area contributed by atoms with Crippen LogP contribution >= 0.6 is 0 Å². The number of ether oxygens (including phenoxy) is 2. The molecule has 0 unspecified atom stereocenters. The number of benzene rings is 1. The summed E-state index contributed by atoms with van der Waals surface area (Å²) >= 11 is 0. The Labute approximate surface area is 108 Å². The van der Waals surface area contributed by atoms with Crippen molar-refractivity contribution in [2.24, 2.45) is 0 Å². The van der Waals surface area contributed by atoms with Gasteiger partial charge in [-0.3, -0.25) is 0 Å². The highest BCUT2D eigenvalue weighted by Gasteiger charge is 2.25. The maximum Gasteiger partial charge on any atom is 0.389 e. The summed E-state index contributed by atoms with van der Waals surface area (Å²) in [5, 5.41) is 12.6. The van der Waals surface area contributed by atoms with Gasteiger partial charge in [0.1, 0.15) is 5.75 Å². The number of hydrogen-bond acceptors (Lipinski definition) is 4. The molecular formula is C12H14F3NO3. The molecular weight excluding hydrogens is 263 g/mol. The van der Waals surface area contributed by atoms with Crippen molar-refractivity contribution in [3.8, 4) is 17.2 Å². The van der Waals surface area contributed by atoms with Gasteiger partial charge in [-0.15, -0.1) is 0 Å². The smallest absolute Gasteiger partial charge is 0.389 e. The Morgan fingerprint density at radius 1 is 1.21 bits per heavy atom. The van der Waals surface area contributed by atoms with E-state index in [2.05, 4.69) is 5.32 Å². The van der Waals surface area contributed by atoms with Crippen molar-refractivity contribution in [3.05, 3.63) is 17.7 Å². The van der Waals surface area contributed by atoms with E-state index in [1.165, 1.54) is 6.07 Å². The number of nitrogens with one attached hydrogen (secondary N) is 1. The second-order valence-electron chi connectivity index (χ2n) is 4.23. The Hall–Kier alpha value is -1.63. The van der Waals surface area contributed by atoms with Crippen LogP contribution in [0.2, 0.25) is 0 Å². The lowest BCUT2D eigenvalue weighted by Crippen LogP contribution is -2.17. The van der Waals surface area contributed by atoms with E-state index in [0.717, 1.165) is 0 Å². The van der Waals surface area contributed by atoms with E-state index < -0.39 is 12.6 Å². The molecule has 1 aliphatic rings. The fourth-order valence-electron chi connectivity index (χ4n) is 1.75. The molecule has 2 N–H and O–H groups in total. The first-order valence-electron chi connectivity index (χ1n) is 5.85. The largest absolute Gasteiger partial charge is 0.507 e. The van der Waals surface area contributed by atoms with Crippen LogP contribution < -0.4 is 14.8 Å². The lowest BCUT2D eigenvalue weighted by molar-refractivity contribution is -0.135. The van der Waals surface area contributed by atoms with E-state index in [1.807, 2.05) is 0 Å². The highest BCUT2D eigenvalue weighted by Crippen LogP contribution is 2.37. The number of rotatable bonds is 5. The first-order valence-corrected chi connectivity index (χ1v) is 5.85. The summed E-state index contributed by atoms with van der Waals surface area (Å²) in [5.41, 5.74) is 0.566. The van der Waals surface area contributed by atoms with Gasteiger partial charge in [0.05, 0.1) is 0 Å². The zero-order valence-corrected chi connectivity index (χ0v) is 10.1. The number of halogens is 3. The fourth-order valence-corrected chi connectivity index (χ4v) is 1.75. The van der Waals surface area contributed by atoms with Crippen molar-refractivity contribution >= 4 is 0 Å². The Kier molecular flexibility index (Phi) is 4.04. The van der Waals surface area contributed by atoms with Crippen LogP contribution in [-0.4, -0.2) is 24.6 Å². The van der Waals surface area contributed by atoms with Crippen molar-refractivity contribution in [3.63, 3.8) is 0 Å². The van der Waals surface area contributed by atoms with Crippen LogP contribution in [0.4, 0.5) is 13.2 Å². The quantitative estimate of drug-likeness (QED) is 0.812. The van der Waals surface area contributed by atoms with Crippen LogP contribution in [0.15, 0.2) is 12.1 Å². The SMILES string of the molecule is Oc1cc2c(cc1CNCCCC(F)(F)F)OCO2. The molecule has 0 radical (unpaired) electrons. The topological polar surface area (TPSA) is 50.7 Å². The average molecular weight is 277 g/mol. The average Bonchev–Trinajstić information content (AvgIpc) is 2.74. The molecule has 1 aromatic carbocycles. The minimum absolute atomic E-state index is 0.00874. The number of hydrogen-bond donors (Lipinski definition) is 2. The van der Waals surface area contributed by atoms with Gasteiger partial charge in [0.2, 0.25) is 6.79 Å². The predicted octanol–water partition coefficient (Wildman–Crippen LogP) is 2.55. The molecule has 19 heavy (non-hydrogen) atoms. The van der Waals surface area contributed by atoms with Crippen molar-refractivity contribution in [2.45, 2.75) is 25.6 Å². The zero-order chi connectivity index (χ0) is 13.9. The van der Waals surface area contributed by atoms with Crippen molar-refractivity contribution in [2.75, 3.05) is 13.3 Å². The molecule has 0 fully saturated rings. The Bertz CT molecular complexity index is 449. The summed E-state index contributed by atoms with van der Waals surface area (Å²) in [6, 6.07) is 3.06. The van der Waals surface area contributed by atoms with Crippen LogP contribution in [0.25, 0.3) is 0 Å². The maximum absolute atomic E-state index is 11.9. The van der Waals surface area contributed by atoms with Gasteiger partial charge in [0.15, 0.2) is 11.5 Å². The van der Waals surface area contributed by atoms with Crippen LogP contribution in [0, 0.1) is 0 Å². The first-order chi connectivity index (χ1) is 8.96. The fraction of sp³-hybridized carbons (Fsp3) is 0.500. The van der Waals surface area contributed by atoms with Crippen LogP contribution in [0.3, 0.4) is 0 Å². The van der Waals surface area contributed by atoms with E-state index in [1.54, 1.807) is 6.07 Å². The summed E-state index contributed by atoms with van der Waals surface area (Å²) < 4.78 is 46.0. The molecule has 1 aliphatic heterocycles. The minimum Gasteiger partial charge on any atom is -0.507 e. The summed E-state index contributed by atoms with van der Waals surface area (Å²) in [4.78, 5) is 0. The standard InChI is InChI=1S/C12H14F3NO3/c13-12(14,15)2-1-3-16-6-8-4-10-11(5-9(8)17)19-7-18-10/h4-5,16-17H,1-3,6-7H2. The predicted molar refractivity (Wildman–Crippen MR) is 61.2 cm³/mol. The van der Waals surface area contributed by atoms with Gasteiger partial charge >= 0.3 is 6.18 Å². The van der Waals surface area contributed by atoms with Gasteiger partial charge in [0, 0.05) is 24.6 Å². The molecule has 1 heterocycles. The van der Waals surface area contributed by atoms with Crippen molar-refractivity contribution in [1.82, 2.24) is 5.32 Å². The summed E-state index contributed by atoms with van der Waals surface area (Å²) in [7, 11) is 0. The molecule has 0 aliphatic carbocycles. The van der Waals surface area contributed by atoms with Crippen LogP contribution in [0.5, 0.6) is 17.2 Å². The lowest BCUT2D eigenvalue weighted by Gasteiger charge is -2.09. The van der Waals surface area contributed by atoms with Gasteiger partial charge in [0.25, 0.3) is 0 Å². The number of alkyl halides is 3. The van der Waals surface area contributed by atoms with Crippen molar-refractivity contribution in [1.29, 1.82) is 0 Å². The molecule has 7 heteroatoms. The van der Waals surface area contributed by atoms with Crippen LogP contribution in [0.1, 0.15) is 18.4 Å². The number of phenols is 1. The summed E-state index contributed by atoms with van der Waals surface area (Å²) in [6.07, 6.45) is -4.93. The Morgan fingerprint density at radius 2 is 1.89 bits per heavy atom. The Morgan fingerprint density at radius 3 is 2.58 bits per heavy atom. The van der Waals surface area contributed by atoms with Gasteiger partial charge in [-0.25, -0.2) is 0 Å². The van der Waals surface area contributed by atoms with Gasteiger partial charge in [-0.2, -0.15) is 13.2 Å². The van der Waals surface area contributed by atoms with Crippen molar-refractivity contribution < 1.29 is 27.8 Å². The molecule has 0 atom stereocenters. The molecule has 0 spiro atoms. The third-order valence-electron chi connectivity index (χ3n) is 2.70. The van der Waals surface area contributed by atoms with Gasteiger partial charge < -0.3 is 19.9 Å². The van der Waals surface area contributed by atoms with Crippen LogP contribution in [-0.2, 0) is 6.54 Å². The molecule has 0 amide bonds. The zero-order valence-electron chi connectivity index (χ0n) is 10.1. The molecule has 0 aromatic heterocycles. The third kappa shape index (κ3) is 3.92. The lowest BCUT2D eigenvalue weighted by atomic mass is 10.1. The molecule has 4 nitrogen and oxygen atoms in total. The summed E-state index contributed by atoms with van der Waals surface area (Å²) in [6.45, 7) is 0.616. The number of fused-ring (bicyclic) bond motifs is 1. The first kappa shape index (κ1) is 13.8. The molecule has 1 aromatic rings. The number of aromatic hydroxyl groups is 1. The molecule has 0 bridgehead atoms. The monoisotopic (exact) mass is 277 g/mol. The summed E-state index contributed by atoms with van der Waals surface area (Å²) in [5.74, 6) is 1.04. The van der Waals surface area contributed by atoms with E-state index >= 15 is 0 Å². The van der Waals surface area contributed by atoms with Gasteiger partial charge in [-0.05, 0) is 19.0 Å². The van der Waals surface area contributed by atoms with E-state index in [-0.39, 0.29) is 32.1 Å². The highest BCUT2D eigenvalue weighted by atomic mass is 19.4. The van der Waals surface area contributed by atoms with E-state index in [9.17, 15) is 18.3 Å². The normalized spacial score (nSPS) is 13.8. The molecule has 2 rings (SSSR count). The number of phenolic OH excluding ortho intramolecular Hbond substituents is 1. The second kappa shape index (κ2) is 5.56. The van der Waals surface area contributed by atoms with Gasteiger partial charge in [-0.1, -0.05) is 0 Å².